The Hall–Kier alpha value is -3.78. The molecule has 0 bridgehead atoms. The number of rotatable bonds is 10. The summed E-state index contributed by atoms with van der Waals surface area (Å²) in [5.74, 6) is 0.115. The Balaban J connectivity index is 0.00000145. The van der Waals surface area contributed by atoms with Gasteiger partial charge in [0.2, 0.25) is 11.7 Å². The molecule has 0 aromatic heterocycles. The van der Waals surface area contributed by atoms with Gasteiger partial charge in [-0.25, -0.2) is 0 Å². The fraction of sp³-hybridized carbons (Fsp3) is 0.562. The molecule has 11 nitrogen and oxygen atoms in total. The number of carbonyl (C=O) groups excluding carboxylic acids is 1. The lowest BCUT2D eigenvalue weighted by atomic mass is 10.1. The van der Waals surface area contributed by atoms with Gasteiger partial charge in [0.05, 0.1) is 22.1 Å². The highest BCUT2D eigenvalue weighted by molar-refractivity contribution is 6.31. The number of likely N-dealkylation sites (tertiary alicyclic amines) is 1. The van der Waals surface area contributed by atoms with Gasteiger partial charge in [-0.15, -0.1) is 0 Å². The van der Waals surface area contributed by atoms with Crippen LogP contribution in [0.25, 0.3) is 0 Å². The highest BCUT2D eigenvalue weighted by Gasteiger charge is 2.34. The summed E-state index contributed by atoms with van der Waals surface area (Å²) < 4.78 is 51.4. The molecule has 2 aliphatic heterocycles. The smallest absolute Gasteiger partial charge is 0.417 e. The molecule has 2 aliphatic rings. The highest BCUT2D eigenvalue weighted by Crippen LogP contribution is 2.37. The van der Waals surface area contributed by atoms with Crippen molar-refractivity contribution in [2.45, 2.75) is 59.7 Å². The number of carboxylic acids is 1. The minimum Gasteiger partial charge on any atom is -0.490 e. The van der Waals surface area contributed by atoms with E-state index in [0.29, 0.717) is 83.1 Å². The molecule has 1 amide bonds. The summed E-state index contributed by atoms with van der Waals surface area (Å²) in [6.07, 6.45) is -2.97. The van der Waals surface area contributed by atoms with E-state index in [1.165, 1.54) is 12.1 Å². The average molecular weight is 689 g/mol. The number of halogens is 4. The number of carbonyl (C=O) groups is 2. The summed E-state index contributed by atoms with van der Waals surface area (Å²) in [6, 6.07) is 8.49. The van der Waals surface area contributed by atoms with E-state index in [2.05, 4.69) is 4.90 Å². The molecule has 0 saturated carbocycles. The number of hydrogen-bond donors (Lipinski definition) is 1. The molecule has 0 unspecified atom stereocenters. The lowest BCUT2D eigenvalue weighted by Crippen LogP contribution is -2.48. The van der Waals surface area contributed by atoms with Gasteiger partial charge in [0, 0.05) is 89.8 Å². The van der Waals surface area contributed by atoms with Crippen molar-refractivity contribution in [1.82, 2.24) is 9.80 Å². The zero-order valence-corrected chi connectivity index (χ0v) is 26.9. The third kappa shape index (κ3) is 12.4. The SMILES string of the molecule is C.CC(=O)O.CC(C)COc1cc(OC2CCN(C(=O)CCN3CCN(c4ccc(Cl)c(C(F)(F)F)c4)CC3)CC2)ccc1[N+](=O)[O-]. The predicted molar refractivity (Wildman–Crippen MR) is 173 cm³/mol. The monoisotopic (exact) mass is 688 g/mol. The average Bonchev–Trinajstić information content (AvgIpc) is 2.99. The van der Waals surface area contributed by atoms with E-state index in [0.717, 1.165) is 13.0 Å². The number of amides is 1. The standard InChI is InChI=1S/C29H36ClF3N4O5.C2H4O2.CH4/c1-20(2)19-41-27-18-23(4-6-26(27)37(39)40)42-22-7-11-36(12-8-22)28(38)9-10-34-13-15-35(16-14-34)21-3-5-25(30)24(17-21)29(31,32)33;1-2(3)4;/h3-6,17-18,20,22H,7-16,19H2,1-2H3;1H3,(H,3,4);1H4. The molecule has 0 spiro atoms. The number of nitrogens with zero attached hydrogens (tertiary/aromatic N) is 4. The molecule has 2 aromatic carbocycles. The number of alkyl halides is 3. The Morgan fingerprint density at radius 2 is 1.68 bits per heavy atom. The van der Waals surface area contributed by atoms with Gasteiger partial charge in [0.15, 0.2) is 0 Å². The predicted octanol–water partition coefficient (Wildman–Crippen LogP) is 6.61. The minimum atomic E-state index is -4.51. The van der Waals surface area contributed by atoms with Crippen LogP contribution in [-0.4, -0.2) is 90.2 Å². The van der Waals surface area contributed by atoms with Gasteiger partial charge < -0.3 is 24.4 Å². The number of piperidine rings is 1. The van der Waals surface area contributed by atoms with E-state index in [4.69, 9.17) is 31.0 Å². The Kier molecular flexibility index (Phi) is 15.0. The first kappa shape index (κ1) is 39.4. The Labute approximate surface area is 278 Å². The maximum absolute atomic E-state index is 13.2. The number of piperazine rings is 1. The van der Waals surface area contributed by atoms with Crippen molar-refractivity contribution < 1.29 is 42.3 Å². The minimum absolute atomic E-state index is 0. The summed E-state index contributed by atoms with van der Waals surface area (Å²) >= 11 is 5.75. The second-order valence-corrected chi connectivity index (χ2v) is 12.0. The normalized spacial score (nSPS) is 15.7. The second kappa shape index (κ2) is 17.9. The van der Waals surface area contributed by atoms with Crippen LogP contribution in [0.5, 0.6) is 11.5 Å². The van der Waals surface area contributed by atoms with E-state index < -0.39 is 22.6 Å². The summed E-state index contributed by atoms with van der Waals surface area (Å²) in [5, 5.41) is 18.5. The van der Waals surface area contributed by atoms with Crippen molar-refractivity contribution >= 4 is 34.9 Å². The molecule has 47 heavy (non-hydrogen) atoms. The van der Waals surface area contributed by atoms with Gasteiger partial charge in [0.1, 0.15) is 11.9 Å². The number of carboxylic acid groups (broad SMARTS) is 1. The van der Waals surface area contributed by atoms with Crippen molar-refractivity contribution in [3.8, 4) is 11.5 Å². The van der Waals surface area contributed by atoms with E-state index in [-0.39, 0.29) is 41.8 Å². The third-order valence-electron chi connectivity index (χ3n) is 7.43. The van der Waals surface area contributed by atoms with Crippen LogP contribution in [-0.2, 0) is 15.8 Å². The molecular weight excluding hydrogens is 645 g/mol. The maximum atomic E-state index is 13.2. The molecule has 262 valence electrons. The van der Waals surface area contributed by atoms with Crippen LogP contribution in [0.15, 0.2) is 36.4 Å². The molecule has 2 fully saturated rings. The van der Waals surface area contributed by atoms with Crippen LogP contribution >= 0.6 is 11.6 Å². The maximum Gasteiger partial charge on any atom is 0.417 e. The summed E-state index contributed by atoms with van der Waals surface area (Å²) in [4.78, 5) is 38.6. The van der Waals surface area contributed by atoms with Crippen molar-refractivity contribution in [2.75, 3.05) is 57.3 Å². The van der Waals surface area contributed by atoms with E-state index in [9.17, 15) is 28.1 Å². The van der Waals surface area contributed by atoms with Gasteiger partial charge in [0.25, 0.3) is 5.97 Å². The first-order chi connectivity index (χ1) is 21.6. The summed E-state index contributed by atoms with van der Waals surface area (Å²) in [5.41, 5.74) is -0.456. The van der Waals surface area contributed by atoms with Gasteiger partial charge >= 0.3 is 11.9 Å². The van der Waals surface area contributed by atoms with Crippen molar-refractivity contribution in [3.05, 3.63) is 57.1 Å². The first-order valence-electron chi connectivity index (χ1n) is 15.0. The molecule has 4 rings (SSSR count). The second-order valence-electron chi connectivity index (χ2n) is 11.5. The Morgan fingerprint density at radius 1 is 1.06 bits per heavy atom. The van der Waals surface area contributed by atoms with Gasteiger partial charge in [-0.2, -0.15) is 13.2 Å². The number of nitro groups is 1. The summed E-state index contributed by atoms with van der Waals surface area (Å²) in [7, 11) is 0. The molecule has 15 heteroatoms. The van der Waals surface area contributed by atoms with Crippen molar-refractivity contribution in [1.29, 1.82) is 0 Å². The molecule has 1 N–H and O–H groups in total. The number of anilines is 1. The number of benzene rings is 2. The molecular formula is C32H44ClF3N4O7. The van der Waals surface area contributed by atoms with Gasteiger partial charge in [-0.1, -0.05) is 32.9 Å². The fourth-order valence-electron chi connectivity index (χ4n) is 5.07. The highest BCUT2D eigenvalue weighted by atomic mass is 35.5. The van der Waals surface area contributed by atoms with Gasteiger partial charge in [-0.3, -0.25) is 24.6 Å². The number of hydrogen-bond acceptors (Lipinski definition) is 8. The van der Waals surface area contributed by atoms with E-state index >= 15 is 0 Å². The largest absolute Gasteiger partial charge is 0.490 e. The van der Waals surface area contributed by atoms with E-state index in [1.54, 1.807) is 18.2 Å². The summed E-state index contributed by atoms with van der Waals surface area (Å²) in [6.45, 7) is 9.46. The lowest BCUT2D eigenvalue weighted by molar-refractivity contribution is -0.385. The molecule has 2 heterocycles. The van der Waals surface area contributed by atoms with Crippen LogP contribution in [0.3, 0.4) is 0 Å². The van der Waals surface area contributed by atoms with Crippen LogP contribution in [0.1, 0.15) is 53.0 Å². The zero-order valence-electron chi connectivity index (χ0n) is 26.1. The van der Waals surface area contributed by atoms with Crippen LogP contribution < -0.4 is 14.4 Å². The van der Waals surface area contributed by atoms with Crippen LogP contribution in [0, 0.1) is 16.0 Å². The fourth-order valence-corrected chi connectivity index (χ4v) is 5.30. The third-order valence-corrected chi connectivity index (χ3v) is 7.76. The van der Waals surface area contributed by atoms with Gasteiger partial charge in [-0.05, 0) is 30.2 Å². The number of ether oxygens (including phenoxy) is 2. The van der Waals surface area contributed by atoms with Crippen molar-refractivity contribution in [2.24, 2.45) is 5.92 Å². The molecule has 2 aromatic rings. The molecule has 2 saturated heterocycles. The zero-order chi connectivity index (χ0) is 34.0. The number of nitro benzene ring substituents is 1. The topological polar surface area (TPSA) is 126 Å². The Morgan fingerprint density at radius 3 is 2.23 bits per heavy atom. The quantitative estimate of drug-likeness (QED) is 0.217. The molecule has 0 atom stereocenters. The van der Waals surface area contributed by atoms with Crippen molar-refractivity contribution in [3.63, 3.8) is 0 Å². The molecule has 0 aliphatic carbocycles. The van der Waals surface area contributed by atoms with E-state index in [1.807, 2.05) is 23.6 Å². The molecule has 0 radical (unpaired) electrons. The Bertz CT molecular complexity index is 1340. The van der Waals surface area contributed by atoms with Crippen LogP contribution in [0.4, 0.5) is 24.5 Å². The first-order valence-corrected chi connectivity index (χ1v) is 15.4. The van der Waals surface area contributed by atoms with Crippen LogP contribution in [0.2, 0.25) is 5.02 Å². The lowest BCUT2D eigenvalue weighted by Gasteiger charge is -2.37. The number of aliphatic carboxylic acids is 1.